The molecule has 88 valence electrons. The van der Waals surface area contributed by atoms with E-state index in [0.29, 0.717) is 11.8 Å². The summed E-state index contributed by atoms with van der Waals surface area (Å²) in [6.07, 6.45) is 4.82. The van der Waals surface area contributed by atoms with E-state index in [2.05, 4.69) is 19.2 Å². The number of nitrogens with one attached hydrogen (secondary N) is 1. The van der Waals surface area contributed by atoms with Crippen molar-refractivity contribution in [3.8, 4) is 0 Å². The van der Waals surface area contributed by atoms with E-state index in [1.165, 1.54) is 20.0 Å². The minimum Gasteiger partial charge on any atom is -0.468 e. The molecular weight excluding hydrogens is 190 g/mol. The number of carbonyl (C=O) groups excluding carboxylic acids is 1. The fraction of sp³-hybridized carbons (Fsp3) is 0.917. The minimum absolute atomic E-state index is 0.0834. The van der Waals surface area contributed by atoms with E-state index in [-0.39, 0.29) is 12.0 Å². The third-order valence-corrected chi connectivity index (χ3v) is 3.07. The predicted octanol–water partition coefficient (Wildman–Crippen LogP) is 1.96. The van der Waals surface area contributed by atoms with E-state index in [9.17, 15) is 4.79 Å². The van der Waals surface area contributed by atoms with Crippen LogP contribution in [0, 0.1) is 11.8 Å². The van der Waals surface area contributed by atoms with Crippen molar-refractivity contribution in [2.75, 3.05) is 13.7 Å². The summed E-state index contributed by atoms with van der Waals surface area (Å²) in [6, 6.07) is -0.0834. The van der Waals surface area contributed by atoms with Gasteiger partial charge in [0.15, 0.2) is 0 Å². The lowest BCUT2D eigenvalue weighted by Crippen LogP contribution is -2.44. The van der Waals surface area contributed by atoms with Crippen LogP contribution in [0.25, 0.3) is 0 Å². The molecule has 0 aliphatic heterocycles. The molecule has 1 atom stereocenters. The molecular formula is C12H23NO2. The second kappa shape index (κ2) is 6.11. The monoisotopic (exact) mass is 213 g/mol. The van der Waals surface area contributed by atoms with Gasteiger partial charge in [-0.15, -0.1) is 0 Å². The molecule has 0 aromatic carbocycles. The van der Waals surface area contributed by atoms with Crippen LogP contribution < -0.4 is 5.32 Å². The Morgan fingerprint density at radius 1 is 1.40 bits per heavy atom. The fourth-order valence-corrected chi connectivity index (χ4v) is 2.22. The molecule has 1 saturated carbocycles. The predicted molar refractivity (Wildman–Crippen MR) is 60.6 cm³/mol. The van der Waals surface area contributed by atoms with Crippen LogP contribution in [0.4, 0.5) is 0 Å². The maximum atomic E-state index is 11.6. The molecule has 0 saturated heterocycles. The van der Waals surface area contributed by atoms with Crippen molar-refractivity contribution in [2.45, 2.75) is 45.6 Å². The number of hydrogen-bond acceptors (Lipinski definition) is 3. The first-order chi connectivity index (χ1) is 7.15. The molecule has 0 aromatic heterocycles. The van der Waals surface area contributed by atoms with Crippen LogP contribution in [0.2, 0.25) is 0 Å². The van der Waals surface area contributed by atoms with Crippen molar-refractivity contribution in [2.24, 2.45) is 11.8 Å². The highest BCUT2D eigenvalue weighted by molar-refractivity contribution is 5.76. The molecule has 0 amide bonds. The lowest BCUT2D eigenvalue weighted by Gasteiger charge is -2.23. The molecule has 1 rings (SSSR count). The quantitative estimate of drug-likeness (QED) is 0.709. The van der Waals surface area contributed by atoms with E-state index in [4.69, 9.17) is 4.74 Å². The molecule has 1 fully saturated rings. The first-order valence-corrected chi connectivity index (χ1v) is 5.96. The summed E-state index contributed by atoms with van der Waals surface area (Å²) < 4.78 is 4.86. The van der Waals surface area contributed by atoms with E-state index < -0.39 is 0 Å². The largest absolute Gasteiger partial charge is 0.468 e. The maximum absolute atomic E-state index is 11.6. The topological polar surface area (TPSA) is 38.3 Å². The Hall–Kier alpha value is -0.570. The van der Waals surface area contributed by atoms with E-state index in [1.807, 2.05) is 0 Å². The Morgan fingerprint density at radius 2 is 2.00 bits per heavy atom. The Morgan fingerprint density at radius 3 is 2.47 bits per heavy atom. The van der Waals surface area contributed by atoms with Gasteiger partial charge in [0.25, 0.3) is 0 Å². The molecule has 3 heteroatoms. The average molecular weight is 213 g/mol. The first-order valence-electron chi connectivity index (χ1n) is 5.96. The van der Waals surface area contributed by atoms with Crippen LogP contribution in [-0.4, -0.2) is 25.7 Å². The van der Waals surface area contributed by atoms with Crippen molar-refractivity contribution in [3.63, 3.8) is 0 Å². The number of methoxy groups -OCH3 is 1. The van der Waals surface area contributed by atoms with Gasteiger partial charge in [0, 0.05) is 0 Å². The number of ether oxygens (including phenoxy) is 1. The van der Waals surface area contributed by atoms with E-state index in [1.54, 1.807) is 0 Å². The van der Waals surface area contributed by atoms with Gasteiger partial charge >= 0.3 is 5.97 Å². The number of carbonyl (C=O) groups is 1. The summed E-state index contributed by atoms with van der Waals surface area (Å²) in [7, 11) is 1.47. The van der Waals surface area contributed by atoms with Crippen molar-refractivity contribution in [3.05, 3.63) is 0 Å². The number of hydrogen-bond donors (Lipinski definition) is 1. The van der Waals surface area contributed by atoms with Gasteiger partial charge in [0.2, 0.25) is 0 Å². The van der Waals surface area contributed by atoms with Gasteiger partial charge in [-0.2, -0.15) is 0 Å². The second-order valence-corrected chi connectivity index (χ2v) is 4.85. The zero-order valence-corrected chi connectivity index (χ0v) is 10.1. The van der Waals surface area contributed by atoms with Crippen molar-refractivity contribution in [1.82, 2.24) is 5.32 Å². The van der Waals surface area contributed by atoms with Gasteiger partial charge in [0.05, 0.1) is 7.11 Å². The van der Waals surface area contributed by atoms with Crippen molar-refractivity contribution >= 4 is 5.97 Å². The molecule has 0 spiro atoms. The number of rotatable bonds is 5. The molecule has 15 heavy (non-hydrogen) atoms. The van der Waals surface area contributed by atoms with Gasteiger partial charge in [-0.3, -0.25) is 4.79 Å². The number of esters is 1. The van der Waals surface area contributed by atoms with Crippen LogP contribution in [-0.2, 0) is 9.53 Å². The van der Waals surface area contributed by atoms with Gasteiger partial charge in [0.1, 0.15) is 6.04 Å². The van der Waals surface area contributed by atoms with Crippen molar-refractivity contribution < 1.29 is 9.53 Å². The maximum Gasteiger partial charge on any atom is 0.323 e. The lowest BCUT2D eigenvalue weighted by atomic mass is 9.97. The van der Waals surface area contributed by atoms with Gasteiger partial charge in [-0.05, 0) is 31.2 Å². The summed E-state index contributed by atoms with van der Waals surface area (Å²) >= 11 is 0. The Labute approximate surface area is 92.6 Å². The highest BCUT2D eigenvalue weighted by Crippen LogP contribution is 2.28. The third-order valence-electron chi connectivity index (χ3n) is 3.07. The summed E-state index contributed by atoms with van der Waals surface area (Å²) in [4.78, 5) is 11.6. The van der Waals surface area contributed by atoms with Crippen LogP contribution in [0.1, 0.15) is 39.5 Å². The summed E-state index contributed by atoms with van der Waals surface area (Å²) in [6.45, 7) is 5.18. The first kappa shape index (κ1) is 12.5. The molecule has 1 aliphatic carbocycles. The molecule has 1 aliphatic rings. The normalized spacial score (nSPS) is 19.5. The molecule has 3 nitrogen and oxygen atoms in total. The highest BCUT2D eigenvalue weighted by atomic mass is 16.5. The van der Waals surface area contributed by atoms with Crippen LogP contribution in [0.3, 0.4) is 0 Å². The van der Waals surface area contributed by atoms with Gasteiger partial charge in [-0.25, -0.2) is 0 Å². The standard InChI is InChI=1S/C12H23NO2/c1-9(2)8-13-11(12(14)15-3)10-6-4-5-7-10/h9-11,13H,4-8H2,1-3H3. The summed E-state index contributed by atoms with van der Waals surface area (Å²) in [5, 5.41) is 3.34. The van der Waals surface area contributed by atoms with E-state index in [0.717, 1.165) is 19.4 Å². The Bertz CT molecular complexity index is 198. The summed E-state index contributed by atoms with van der Waals surface area (Å²) in [5.74, 6) is 0.956. The minimum atomic E-state index is -0.0949. The lowest BCUT2D eigenvalue weighted by molar-refractivity contribution is -0.144. The highest BCUT2D eigenvalue weighted by Gasteiger charge is 2.30. The molecule has 0 heterocycles. The average Bonchev–Trinajstić information content (AvgIpc) is 2.70. The Kier molecular flexibility index (Phi) is 5.09. The van der Waals surface area contributed by atoms with Crippen LogP contribution in [0.5, 0.6) is 0 Å². The molecule has 0 radical (unpaired) electrons. The van der Waals surface area contributed by atoms with Crippen LogP contribution >= 0.6 is 0 Å². The third kappa shape index (κ3) is 3.82. The Balaban J connectivity index is 2.48. The second-order valence-electron chi connectivity index (χ2n) is 4.85. The van der Waals surface area contributed by atoms with Gasteiger partial charge in [-0.1, -0.05) is 26.7 Å². The zero-order chi connectivity index (χ0) is 11.3. The molecule has 0 aromatic rings. The molecule has 1 N–H and O–H groups in total. The van der Waals surface area contributed by atoms with E-state index >= 15 is 0 Å². The SMILES string of the molecule is COC(=O)C(NCC(C)C)C1CCCC1. The van der Waals surface area contributed by atoms with Gasteiger partial charge < -0.3 is 10.1 Å². The zero-order valence-electron chi connectivity index (χ0n) is 10.1. The fourth-order valence-electron chi connectivity index (χ4n) is 2.22. The molecule has 1 unspecified atom stereocenters. The smallest absolute Gasteiger partial charge is 0.323 e. The summed E-state index contributed by atoms with van der Waals surface area (Å²) in [5.41, 5.74) is 0. The molecule has 0 bridgehead atoms. The van der Waals surface area contributed by atoms with Crippen LogP contribution in [0.15, 0.2) is 0 Å². The van der Waals surface area contributed by atoms with Crippen molar-refractivity contribution in [1.29, 1.82) is 0 Å².